The summed E-state index contributed by atoms with van der Waals surface area (Å²) in [6.45, 7) is 2.09. The van der Waals surface area contributed by atoms with E-state index in [1.54, 1.807) is 0 Å². The largest absolute Gasteiger partial charge is 0.365 e. The summed E-state index contributed by atoms with van der Waals surface area (Å²) < 4.78 is 0. The molecule has 0 radical (unpaired) electrons. The van der Waals surface area contributed by atoms with Gasteiger partial charge >= 0.3 is 0 Å². The van der Waals surface area contributed by atoms with Gasteiger partial charge in [-0.25, -0.2) is 0 Å². The van der Waals surface area contributed by atoms with Gasteiger partial charge in [0.05, 0.1) is 4.88 Å². The van der Waals surface area contributed by atoms with E-state index in [0.717, 1.165) is 18.4 Å². The topological polar surface area (TPSA) is 43.1 Å². The maximum absolute atomic E-state index is 10.8. The highest BCUT2D eigenvalue weighted by Crippen LogP contribution is 2.17. The van der Waals surface area contributed by atoms with Gasteiger partial charge in [0.2, 0.25) is 0 Å². The summed E-state index contributed by atoms with van der Waals surface area (Å²) in [7, 11) is 0. The quantitative estimate of drug-likeness (QED) is 0.736. The molecule has 0 aliphatic carbocycles. The van der Waals surface area contributed by atoms with Crippen LogP contribution in [0.1, 0.15) is 28.6 Å². The molecule has 1 heterocycles. The van der Waals surface area contributed by atoms with Gasteiger partial charge in [0.1, 0.15) is 0 Å². The number of rotatable bonds is 3. The number of thiophene rings is 1. The zero-order valence-electron chi connectivity index (χ0n) is 6.46. The first-order valence-corrected chi connectivity index (χ1v) is 4.49. The maximum atomic E-state index is 10.8. The van der Waals surface area contributed by atoms with Gasteiger partial charge in [-0.15, -0.1) is 11.3 Å². The van der Waals surface area contributed by atoms with E-state index in [0.29, 0.717) is 4.88 Å². The molecule has 0 unspecified atom stereocenters. The summed E-state index contributed by atoms with van der Waals surface area (Å²) >= 11 is 1.42. The number of primary amides is 1. The Labute approximate surface area is 70.0 Å². The summed E-state index contributed by atoms with van der Waals surface area (Å²) in [5.74, 6) is -0.302. The number of carbonyl (C=O) groups excluding carboxylic acids is 1. The third-order valence-electron chi connectivity index (χ3n) is 1.49. The fourth-order valence-corrected chi connectivity index (χ4v) is 1.82. The molecule has 1 aromatic rings. The standard InChI is InChI=1S/C8H11NOS/c1-2-3-6-4-5-11-7(6)8(9)10/h4-5H,2-3H2,1H3,(H2,9,10). The lowest BCUT2D eigenvalue weighted by atomic mass is 10.1. The molecule has 0 spiro atoms. The van der Waals surface area contributed by atoms with Crippen molar-refractivity contribution < 1.29 is 4.79 Å². The van der Waals surface area contributed by atoms with Crippen LogP contribution in [0.2, 0.25) is 0 Å². The van der Waals surface area contributed by atoms with E-state index >= 15 is 0 Å². The third kappa shape index (κ3) is 1.80. The van der Waals surface area contributed by atoms with Crippen molar-refractivity contribution in [3.8, 4) is 0 Å². The minimum Gasteiger partial charge on any atom is -0.365 e. The predicted molar refractivity (Wildman–Crippen MR) is 46.8 cm³/mol. The lowest BCUT2D eigenvalue weighted by Crippen LogP contribution is -2.10. The van der Waals surface area contributed by atoms with Gasteiger partial charge in [0.15, 0.2) is 0 Å². The first-order valence-electron chi connectivity index (χ1n) is 3.62. The van der Waals surface area contributed by atoms with Crippen LogP contribution < -0.4 is 5.73 Å². The van der Waals surface area contributed by atoms with Crippen LogP contribution in [0.15, 0.2) is 11.4 Å². The van der Waals surface area contributed by atoms with E-state index in [-0.39, 0.29) is 5.91 Å². The highest BCUT2D eigenvalue weighted by atomic mass is 32.1. The monoisotopic (exact) mass is 169 g/mol. The van der Waals surface area contributed by atoms with Crippen molar-refractivity contribution in [2.45, 2.75) is 19.8 Å². The lowest BCUT2D eigenvalue weighted by Gasteiger charge is -1.95. The van der Waals surface area contributed by atoms with Crippen LogP contribution in [0.5, 0.6) is 0 Å². The van der Waals surface area contributed by atoms with Gasteiger partial charge in [0.25, 0.3) is 5.91 Å². The van der Waals surface area contributed by atoms with Crippen molar-refractivity contribution in [2.75, 3.05) is 0 Å². The van der Waals surface area contributed by atoms with E-state index in [1.165, 1.54) is 11.3 Å². The van der Waals surface area contributed by atoms with E-state index in [1.807, 2.05) is 11.4 Å². The third-order valence-corrected chi connectivity index (χ3v) is 2.46. The Morgan fingerprint density at radius 3 is 3.00 bits per heavy atom. The number of hydrogen-bond acceptors (Lipinski definition) is 2. The second-order valence-corrected chi connectivity index (χ2v) is 3.31. The van der Waals surface area contributed by atoms with Crippen molar-refractivity contribution >= 4 is 17.2 Å². The second-order valence-electron chi connectivity index (χ2n) is 2.39. The number of nitrogens with two attached hydrogens (primary N) is 1. The van der Waals surface area contributed by atoms with E-state index in [2.05, 4.69) is 6.92 Å². The van der Waals surface area contributed by atoms with Crippen LogP contribution in [0, 0.1) is 0 Å². The van der Waals surface area contributed by atoms with Crippen molar-refractivity contribution in [3.05, 3.63) is 21.9 Å². The normalized spacial score (nSPS) is 9.91. The molecule has 1 rings (SSSR count). The Bertz CT molecular complexity index is 254. The van der Waals surface area contributed by atoms with Crippen LogP contribution >= 0.6 is 11.3 Å². The lowest BCUT2D eigenvalue weighted by molar-refractivity contribution is 0.100. The number of hydrogen-bond donors (Lipinski definition) is 1. The highest BCUT2D eigenvalue weighted by Gasteiger charge is 2.07. The molecule has 0 saturated carbocycles. The molecule has 1 aromatic heterocycles. The zero-order chi connectivity index (χ0) is 8.27. The summed E-state index contributed by atoms with van der Waals surface area (Å²) in [6.07, 6.45) is 2.00. The molecule has 3 heteroatoms. The second kappa shape index (κ2) is 3.53. The molecule has 2 nitrogen and oxygen atoms in total. The average molecular weight is 169 g/mol. The SMILES string of the molecule is CCCc1ccsc1C(N)=O. The van der Waals surface area contributed by atoms with Gasteiger partial charge in [0, 0.05) is 0 Å². The van der Waals surface area contributed by atoms with Crippen LogP contribution in [0.3, 0.4) is 0 Å². The Morgan fingerprint density at radius 2 is 2.45 bits per heavy atom. The van der Waals surface area contributed by atoms with E-state index < -0.39 is 0 Å². The predicted octanol–water partition coefficient (Wildman–Crippen LogP) is 1.80. The molecule has 0 aliphatic heterocycles. The molecule has 11 heavy (non-hydrogen) atoms. The Balaban J connectivity index is 2.87. The van der Waals surface area contributed by atoms with Crippen LogP contribution in [-0.4, -0.2) is 5.91 Å². The van der Waals surface area contributed by atoms with Gasteiger partial charge in [-0.3, -0.25) is 4.79 Å². The maximum Gasteiger partial charge on any atom is 0.259 e. The highest BCUT2D eigenvalue weighted by molar-refractivity contribution is 7.12. The average Bonchev–Trinajstić information content (AvgIpc) is 2.36. The molecule has 60 valence electrons. The Hall–Kier alpha value is -0.830. The van der Waals surface area contributed by atoms with Gasteiger partial charge in [-0.05, 0) is 23.4 Å². The van der Waals surface area contributed by atoms with Gasteiger partial charge in [-0.1, -0.05) is 13.3 Å². The molecular weight excluding hydrogens is 158 g/mol. The van der Waals surface area contributed by atoms with Crippen molar-refractivity contribution in [2.24, 2.45) is 5.73 Å². The van der Waals surface area contributed by atoms with E-state index in [9.17, 15) is 4.79 Å². The molecule has 0 bridgehead atoms. The number of carbonyl (C=O) groups is 1. The van der Waals surface area contributed by atoms with Crippen molar-refractivity contribution in [1.29, 1.82) is 0 Å². The number of amides is 1. The van der Waals surface area contributed by atoms with Crippen molar-refractivity contribution in [3.63, 3.8) is 0 Å². The Morgan fingerprint density at radius 1 is 1.73 bits per heavy atom. The molecule has 0 atom stereocenters. The van der Waals surface area contributed by atoms with Gasteiger partial charge in [-0.2, -0.15) is 0 Å². The minimum atomic E-state index is -0.302. The fraction of sp³-hybridized carbons (Fsp3) is 0.375. The molecule has 0 aromatic carbocycles. The zero-order valence-corrected chi connectivity index (χ0v) is 7.28. The first kappa shape index (κ1) is 8.27. The van der Waals surface area contributed by atoms with Crippen LogP contribution in [-0.2, 0) is 6.42 Å². The Kier molecular flexibility index (Phi) is 2.65. The smallest absolute Gasteiger partial charge is 0.259 e. The number of aryl methyl sites for hydroxylation is 1. The molecule has 0 saturated heterocycles. The van der Waals surface area contributed by atoms with Gasteiger partial charge < -0.3 is 5.73 Å². The van der Waals surface area contributed by atoms with Crippen LogP contribution in [0.25, 0.3) is 0 Å². The summed E-state index contributed by atoms with van der Waals surface area (Å²) in [5.41, 5.74) is 6.25. The molecule has 2 N–H and O–H groups in total. The van der Waals surface area contributed by atoms with Crippen molar-refractivity contribution in [1.82, 2.24) is 0 Å². The minimum absolute atomic E-state index is 0.302. The summed E-state index contributed by atoms with van der Waals surface area (Å²) in [6, 6.07) is 1.97. The first-order chi connectivity index (χ1) is 5.25. The molecule has 1 amide bonds. The fourth-order valence-electron chi connectivity index (χ4n) is 1.02. The molecule has 0 fully saturated rings. The summed E-state index contributed by atoms with van der Waals surface area (Å²) in [4.78, 5) is 11.5. The molecular formula is C8H11NOS. The summed E-state index contributed by atoms with van der Waals surface area (Å²) in [5, 5.41) is 1.91. The van der Waals surface area contributed by atoms with Crippen LogP contribution in [0.4, 0.5) is 0 Å². The van der Waals surface area contributed by atoms with E-state index in [4.69, 9.17) is 5.73 Å². The molecule has 0 aliphatic rings.